The number of sulfonamides is 1. The van der Waals surface area contributed by atoms with Gasteiger partial charge in [0.25, 0.3) is 0 Å². The summed E-state index contributed by atoms with van der Waals surface area (Å²) in [7, 11) is -3.95. The number of hydrogen-bond donors (Lipinski definition) is 4. The van der Waals surface area contributed by atoms with Crippen LogP contribution in [0, 0.1) is 0 Å². The Morgan fingerprint density at radius 3 is 2.81 bits per heavy atom. The third-order valence-corrected chi connectivity index (χ3v) is 4.16. The van der Waals surface area contributed by atoms with Gasteiger partial charge in [0.2, 0.25) is 10.0 Å². The molecule has 0 aliphatic carbocycles. The molecule has 0 saturated carbocycles. The summed E-state index contributed by atoms with van der Waals surface area (Å²) in [6.45, 7) is 0.0565. The molecule has 0 spiro atoms. The topological polar surface area (TPSA) is 151 Å². The molecule has 1 aromatic carbocycles. The van der Waals surface area contributed by atoms with Gasteiger partial charge in [0.15, 0.2) is 0 Å². The minimum Gasteiger partial charge on any atom is -0.478 e. The van der Waals surface area contributed by atoms with Gasteiger partial charge in [-0.3, -0.25) is 5.10 Å². The van der Waals surface area contributed by atoms with Gasteiger partial charge in [0, 0.05) is 18.7 Å². The summed E-state index contributed by atoms with van der Waals surface area (Å²) in [5.74, 6) is -0.841. The van der Waals surface area contributed by atoms with Crippen LogP contribution < -0.4 is 10.5 Å². The van der Waals surface area contributed by atoms with Crippen molar-refractivity contribution in [3.8, 4) is 0 Å². The molecule has 1 heterocycles. The van der Waals surface area contributed by atoms with Crippen LogP contribution in [0.2, 0.25) is 0 Å². The maximum absolute atomic E-state index is 12.1. The molecule has 0 aliphatic rings. The van der Waals surface area contributed by atoms with Crippen molar-refractivity contribution in [2.45, 2.75) is 11.3 Å². The summed E-state index contributed by atoms with van der Waals surface area (Å²) < 4.78 is 26.6. The van der Waals surface area contributed by atoms with Gasteiger partial charge >= 0.3 is 5.97 Å². The average molecular weight is 311 g/mol. The van der Waals surface area contributed by atoms with Crippen molar-refractivity contribution in [3.63, 3.8) is 0 Å². The zero-order valence-corrected chi connectivity index (χ0v) is 11.6. The lowest BCUT2D eigenvalue weighted by atomic mass is 10.2. The molecule has 0 radical (unpaired) electrons. The zero-order valence-electron chi connectivity index (χ0n) is 10.8. The Labute approximate surface area is 120 Å². The van der Waals surface area contributed by atoms with E-state index in [1.165, 1.54) is 12.4 Å². The standard InChI is InChI=1S/C11H13N5O4S/c12-7-1-2-9(8(5-7)11(17)18)21(19,20)15-4-3-10-13-6-14-16-10/h1-2,5-6,15H,3-4,12H2,(H,17,18)(H,13,14,16). The first-order valence-electron chi connectivity index (χ1n) is 5.87. The molecule has 2 rings (SSSR count). The van der Waals surface area contributed by atoms with E-state index >= 15 is 0 Å². The number of H-pyrrole nitrogens is 1. The second-order valence-electron chi connectivity index (χ2n) is 4.14. The first-order valence-corrected chi connectivity index (χ1v) is 7.35. The second kappa shape index (κ2) is 5.89. The van der Waals surface area contributed by atoms with E-state index in [1.54, 1.807) is 0 Å². The molecule has 0 bridgehead atoms. The lowest BCUT2D eigenvalue weighted by Gasteiger charge is -2.09. The third-order valence-electron chi connectivity index (χ3n) is 2.64. The number of aromatic carboxylic acids is 1. The van der Waals surface area contributed by atoms with Gasteiger partial charge in [-0.2, -0.15) is 5.10 Å². The first kappa shape index (κ1) is 14.9. The number of nitrogens with one attached hydrogen (secondary N) is 2. The molecular weight excluding hydrogens is 298 g/mol. The number of aromatic nitrogens is 3. The van der Waals surface area contributed by atoms with Gasteiger partial charge in [-0.05, 0) is 18.2 Å². The van der Waals surface area contributed by atoms with Crippen LogP contribution in [0.15, 0.2) is 29.4 Å². The quantitative estimate of drug-likeness (QED) is 0.530. The van der Waals surface area contributed by atoms with Crippen LogP contribution in [0.5, 0.6) is 0 Å². The molecule has 0 fully saturated rings. The Morgan fingerprint density at radius 1 is 1.43 bits per heavy atom. The number of carbonyl (C=O) groups is 1. The highest BCUT2D eigenvalue weighted by Gasteiger charge is 2.22. The molecule has 0 saturated heterocycles. The largest absolute Gasteiger partial charge is 0.478 e. The van der Waals surface area contributed by atoms with Crippen molar-refractivity contribution in [2.24, 2.45) is 0 Å². The highest BCUT2D eigenvalue weighted by atomic mass is 32.2. The molecule has 0 amide bonds. The van der Waals surface area contributed by atoms with Crippen molar-refractivity contribution < 1.29 is 18.3 Å². The SMILES string of the molecule is Nc1ccc(S(=O)(=O)NCCc2ncn[nH]2)c(C(=O)O)c1. The molecule has 0 aliphatic heterocycles. The van der Waals surface area contributed by atoms with Crippen molar-refractivity contribution in [3.05, 3.63) is 35.9 Å². The average Bonchev–Trinajstić information content (AvgIpc) is 2.91. The number of nitrogens with zero attached hydrogens (tertiary/aromatic N) is 2. The maximum atomic E-state index is 12.1. The van der Waals surface area contributed by atoms with Crippen LogP contribution >= 0.6 is 0 Å². The van der Waals surface area contributed by atoms with Gasteiger partial charge in [0.05, 0.1) is 10.5 Å². The van der Waals surface area contributed by atoms with Crippen LogP contribution in [-0.4, -0.2) is 41.2 Å². The lowest BCUT2D eigenvalue weighted by Crippen LogP contribution is -2.27. The predicted molar refractivity (Wildman–Crippen MR) is 73.1 cm³/mol. The number of carboxylic acids is 1. The minimum atomic E-state index is -3.95. The number of benzene rings is 1. The van der Waals surface area contributed by atoms with E-state index in [0.29, 0.717) is 12.2 Å². The van der Waals surface area contributed by atoms with E-state index < -0.39 is 16.0 Å². The van der Waals surface area contributed by atoms with Crippen LogP contribution in [-0.2, 0) is 16.4 Å². The summed E-state index contributed by atoms with van der Waals surface area (Å²) in [6.07, 6.45) is 1.61. The first-order chi connectivity index (χ1) is 9.90. The Morgan fingerprint density at radius 2 is 2.19 bits per heavy atom. The van der Waals surface area contributed by atoms with Gasteiger partial charge in [0.1, 0.15) is 12.2 Å². The number of anilines is 1. The van der Waals surface area contributed by atoms with Crippen molar-refractivity contribution in [1.82, 2.24) is 19.9 Å². The van der Waals surface area contributed by atoms with Gasteiger partial charge < -0.3 is 10.8 Å². The molecule has 10 heteroatoms. The molecule has 112 valence electrons. The minimum absolute atomic E-state index is 0.0565. The number of carboxylic acid groups (broad SMARTS) is 1. The van der Waals surface area contributed by atoms with Crippen LogP contribution in [0.4, 0.5) is 5.69 Å². The molecule has 1 aromatic heterocycles. The van der Waals surface area contributed by atoms with Crippen LogP contribution in [0.25, 0.3) is 0 Å². The Hall–Kier alpha value is -2.46. The maximum Gasteiger partial charge on any atom is 0.337 e. The molecule has 9 nitrogen and oxygen atoms in total. The van der Waals surface area contributed by atoms with E-state index in [2.05, 4.69) is 19.9 Å². The molecule has 0 unspecified atom stereocenters. The summed E-state index contributed by atoms with van der Waals surface area (Å²) in [4.78, 5) is 14.6. The predicted octanol–water partition coefficient (Wildman–Crippen LogP) is -0.394. The fourth-order valence-electron chi connectivity index (χ4n) is 1.68. The smallest absolute Gasteiger partial charge is 0.337 e. The van der Waals surface area contributed by atoms with E-state index in [1.807, 2.05) is 0 Å². The summed E-state index contributed by atoms with van der Waals surface area (Å²) in [5, 5.41) is 15.3. The van der Waals surface area contributed by atoms with Crippen LogP contribution in [0.3, 0.4) is 0 Å². The second-order valence-corrected chi connectivity index (χ2v) is 5.88. The monoisotopic (exact) mass is 311 g/mol. The highest BCUT2D eigenvalue weighted by Crippen LogP contribution is 2.18. The number of nitrogen functional groups attached to an aromatic ring is 1. The zero-order chi connectivity index (χ0) is 15.5. The fraction of sp³-hybridized carbons (Fsp3) is 0.182. The Kier molecular flexibility index (Phi) is 4.19. The van der Waals surface area contributed by atoms with Gasteiger partial charge in [-0.1, -0.05) is 0 Å². The van der Waals surface area contributed by atoms with Gasteiger partial charge in [-0.25, -0.2) is 22.9 Å². The van der Waals surface area contributed by atoms with E-state index in [4.69, 9.17) is 10.8 Å². The fourth-order valence-corrected chi connectivity index (χ4v) is 2.89. The third kappa shape index (κ3) is 3.55. The van der Waals surface area contributed by atoms with Crippen molar-refractivity contribution >= 4 is 21.7 Å². The molecule has 0 atom stereocenters. The molecule has 2 aromatic rings. The number of rotatable bonds is 6. The summed E-state index contributed by atoms with van der Waals surface area (Å²) in [6, 6.07) is 3.60. The van der Waals surface area contributed by atoms with E-state index in [9.17, 15) is 13.2 Å². The molecular formula is C11H13N5O4S. The van der Waals surface area contributed by atoms with Crippen molar-refractivity contribution in [2.75, 3.05) is 12.3 Å². The van der Waals surface area contributed by atoms with E-state index in [0.717, 1.165) is 12.1 Å². The Bertz CT molecular complexity index is 742. The summed E-state index contributed by atoms with van der Waals surface area (Å²) in [5.41, 5.74) is 5.28. The molecule has 5 N–H and O–H groups in total. The number of nitrogens with two attached hydrogens (primary N) is 1. The van der Waals surface area contributed by atoms with Crippen molar-refractivity contribution in [1.29, 1.82) is 0 Å². The highest BCUT2D eigenvalue weighted by molar-refractivity contribution is 7.89. The number of aromatic amines is 1. The Balaban J connectivity index is 2.17. The molecule has 21 heavy (non-hydrogen) atoms. The number of hydrogen-bond acceptors (Lipinski definition) is 6. The van der Waals surface area contributed by atoms with Crippen LogP contribution in [0.1, 0.15) is 16.2 Å². The summed E-state index contributed by atoms with van der Waals surface area (Å²) >= 11 is 0. The van der Waals surface area contributed by atoms with E-state index in [-0.39, 0.29) is 22.7 Å². The lowest BCUT2D eigenvalue weighted by molar-refractivity contribution is 0.0692. The van der Waals surface area contributed by atoms with Gasteiger partial charge in [-0.15, -0.1) is 0 Å². The normalized spacial score (nSPS) is 11.4.